The van der Waals surface area contributed by atoms with Crippen molar-refractivity contribution < 1.29 is 30.4 Å². The number of benzene rings is 2. The van der Waals surface area contributed by atoms with Gasteiger partial charge in [-0.25, -0.2) is 0 Å². The Hall–Kier alpha value is -2.52. The van der Waals surface area contributed by atoms with Crippen LogP contribution in [0.4, 0.5) is 0 Å². The third kappa shape index (κ3) is 38.8. The second-order valence-electron chi connectivity index (χ2n) is 19.6. The first kappa shape index (κ1) is 64.5. The van der Waals surface area contributed by atoms with Crippen LogP contribution in [-0.4, -0.2) is 23.9 Å². The van der Waals surface area contributed by atoms with Gasteiger partial charge in [-0.05, 0) is 71.9 Å². The van der Waals surface area contributed by atoms with Gasteiger partial charge in [0.15, 0.2) is 0 Å². The van der Waals surface area contributed by atoms with Gasteiger partial charge in [0, 0.05) is 12.8 Å². The molecule has 0 aliphatic rings. The predicted octanol–water partition coefficient (Wildman–Crippen LogP) is 20.5. The van der Waals surface area contributed by atoms with Gasteiger partial charge in [-0.15, -0.1) is 16.6 Å². The summed E-state index contributed by atoms with van der Waals surface area (Å²) in [6.45, 7) is 12.9. The Morgan fingerprint density at radius 2 is 0.957 bits per heavy atom. The fourth-order valence-corrected chi connectivity index (χ4v) is 9.72. The summed E-state index contributed by atoms with van der Waals surface area (Å²) in [5, 5.41) is 0. The normalized spacial score (nSPS) is 11.3. The van der Waals surface area contributed by atoms with E-state index in [1.165, 1.54) is 232 Å². The molecule has 0 aliphatic heterocycles. The first-order valence-corrected chi connectivity index (χ1v) is 30.6. The molecule has 0 saturated carbocycles. The van der Waals surface area contributed by atoms with Crippen LogP contribution in [0.15, 0.2) is 60.2 Å². The molecular weight excluding hydrogens is 935 g/mol. The molecule has 0 atom stereocenters. The van der Waals surface area contributed by atoms with E-state index in [2.05, 4.69) is 106 Å². The molecule has 5 heteroatoms. The Kier molecular flexibility index (Phi) is 48.4. The molecule has 0 amide bonds. The van der Waals surface area contributed by atoms with Crippen LogP contribution in [0.1, 0.15) is 294 Å². The quantitative estimate of drug-likeness (QED) is 0.0126. The molecule has 0 aromatic heterocycles. The minimum absolute atomic E-state index is 0.0757. The number of hydrogen-bond donors (Lipinski definition) is 0. The van der Waals surface area contributed by atoms with Gasteiger partial charge >= 0.3 is 78.4 Å². The van der Waals surface area contributed by atoms with Gasteiger partial charge in [-0.2, -0.15) is 0 Å². The van der Waals surface area contributed by atoms with Crippen LogP contribution in [0.5, 0.6) is 0 Å². The number of aryl methyl sites for hydroxylation is 2. The van der Waals surface area contributed by atoms with Gasteiger partial charge in [0.25, 0.3) is 5.87 Å². The van der Waals surface area contributed by atoms with Gasteiger partial charge in [-0.1, -0.05) is 243 Å². The van der Waals surface area contributed by atoms with Crippen molar-refractivity contribution in [3.05, 3.63) is 88.0 Å². The predicted molar refractivity (Wildman–Crippen MR) is 298 cm³/mol. The van der Waals surface area contributed by atoms with E-state index >= 15 is 0 Å². The van der Waals surface area contributed by atoms with Gasteiger partial charge < -0.3 is 5.53 Å². The molecule has 0 aliphatic carbocycles. The number of hydrogen-bond acceptors (Lipinski definition) is 2. The summed E-state index contributed by atoms with van der Waals surface area (Å²) in [7, 11) is 0. The monoisotopic (exact) mass is 1040 g/mol. The Morgan fingerprint density at radius 3 is 1.46 bits per heavy atom. The van der Waals surface area contributed by atoms with Crippen molar-refractivity contribution in [2.75, 3.05) is 13.2 Å². The molecule has 2 rings (SSSR count). The van der Waals surface area contributed by atoms with E-state index < -0.39 is 0 Å². The van der Waals surface area contributed by atoms with E-state index in [-0.39, 0.29) is 18.7 Å². The summed E-state index contributed by atoms with van der Waals surface area (Å²) >= 11 is 0.0757. The standard InChI is InChI=1S/C56H88N2.2C4H9O.Pd/c1-4-7-10-12-14-15-16-17-18-19-20-21-22-23-24-25-26-27-28-29-30-31-32-33-35-36-43-52-44-38-39-47-55(52)56(54-46-40-42-51(50-54)41-9-6-3)53(48-49-58-57)45-37-34-13-11-8-5-2;2*1-2-3-4-5;/h38-40,42,44,46-48,50H,4-32,34,36-37,41,43,45H2,1-3H3;2*2-4H2,1H3;/q;2*-1;+2. The topological polar surface area (TPSA) is 54.9 Å². The molecule has 0 unspecified atom stereocenters. The first-order chi connectivity index (χ1) is 34.2. The van der Waals surface area contributed by atoms with Gasteiger partial charge in [0.1, 0.15) is 0 Å². The van der Waals surface area contributed by atoms with E-state index in [4.69, 9.17) is 6.92 Å². The van der Waals surface area contributed by atoms with Crippen LogP contribution in [0.3, 0.4) is 0 Å². The Morgan fingerprint density at radius 1 is 0.493 bits per heavy atom. The summed E-state index contributed by atoms with van der Waals surface area (Å²) in [6, 6.07) is 18.0. The fourth-order valence-electron chi connectivity index (χ4n) is 8.89. The van der Waals surface area contributed by atoms with Crippen LogP contribution >= 0.6 is 0 Å². The van der Waals surface area contributed by atoms with E-state index in [1.807, 2.05) is 6.08 Å². The van der Waals surface area contributed by atoms with Crippen molar-refractivity contribution in [3.63, 3.8) is 0 Å². The van der Waals surface area contributed by atoms with Crippen LogP contribution in [0, 0.1) is 11.8 Å². The van der Waals surface area contributed by atoms with Crippen molar-refractivity contribution in [1.29, 1.82) is 0 Å². The molecule has 394 valence electrons. The molecule has 0 radical (unpaired) electrons. The molecule has 2 aromatic carbocycles. The van der Waals surface area contributed by atoms with Crippen molar-refractivity contribution >= 4 is 11.4 Å². The van der Waals surface area contributed by atoms with Gasteiger partial charge in [0.2, 0.25) is 0 Å². The van der Waals surface area contributed by atoms with E-state index in [0.717, 1.165) is 64.6 Å². The number of unbranched alkanes of at least 4 members (excludes halogenated alkanes) is 30. The number of nitrogens with zero attached hydrogens (tertiary/aromatic N) is 2. The second-order valence-corrected chi connectivity index (χ2v) is 20.8. The average molecular weight is 1040 g/mol. The molecule has 69 heavy (non-hydrogen) atoms. The summed E-state index contributed by atoms with van der Waals surface area (Å²) < 4.78 is 10.5. The van der Waals surface area contributed by atoms with Crippen LogP contribution in [-0.2, 0) is 38.5 Å². The SMILES string of the molecule is CCCCCCCCCCCCCCCCCCCCCCCCC#CCCc1ccccc1C(=C(C=C=[N+]=[N-])CCCCCCCC)c1cccc(CCCC)c1.CCCC[O][Pd][O]CCCC. The van der Waals surface area contributed by atoms with Crippen molar-refractivity contribution in [2.45, 2.75) is 285 Å². The molecule has 2 aromatic rings. The fraction of sp³-hybridized carbons (Fsp3) is 0.719. The van der Waals surface area contributed by atoms with E-state index in [0.29, 0.717) is 0 Å². The van der Waals surface area contributed by atoms with Crippen LogP contribution in [0.25, 0.3) is 11.1 Å². The average Bonchev–Trinajstić information content (AvgIpc) is 3.37. The molecule has 0 spiro atoms. The number of allylic oxidation sites excluding steroid dienone is 2. The third-order valence-corrected chi connectivity index (χ3v) is 14.2. The second kappa shape index (κ2) is 51.8. The maximum absolute atomic E-state index is 9.40. The molecular formula is C64H106N2O2Pd. The van der Waals surface area contributed by atoms with Gasteiger partial charge in [-0.3, -0.25) is 0 Å². The summed E-state index contributed by atoms with van der Waals surface area (Å²) in [6.07, 6.45) is 52.7. The first-order valence-electron chi connectivity index (χ1n) is 29.3. The maximum atomic E-state index is 9.40. The summed E-state index contributed by atoms with van der Waals surface area (Å²) in [5.74, 6) is 9.82. The zero-order valence-electron chi connectivity index (χ0n) is 45.7. The Balaban J connectivity index is 0.00000191. The molecule has 0 heterocycles. The van der Waals surface area contributed by atoms with Crippen LogP contribution in [0.2, 0.25) is 0 Å². The van der Waals surface area contributed by atoms with Gasteiger partial charge in [0.05, 0.1) is 6.08 Å². The molecule has 0 saturated heterocycles. The summed E-state index contributed by atoms with van der Waals surface area (Å²) in [4.78, 5) is 3.28. The zero-order chi connectivity index (χ0) is 49.8. The molecule has 4 nitrogen and oxygen atoms in total. The van der Waals surface area contributed by atoms with E-state index in [9.17, 15) is 5.53 Å². The molecule has 0 N–H and O–H groups in total. The summed E-state index contributed by atoms with van der Waals surface area (Å²) in [5.41, 5.74) is 17.1. The van der Waals surface area contributed by atoms with Crippen molar-refractivity contribution in [2.24, 2.45) is 0 Å². The molecule has 0 fully saturated rings. The van der Waals surface area contributed by atoms with Crippen LogP contribution < -0.4 is 0 Å². The third-order valence-electron chi connectivity index (χ3n) is 13.2. The molecule has 0 bridgehead atoms. The van der Waals surface area contributed by atoms with E-state index in [1.54, 1.807) is 0 Å². The van der Waals surface area contributed by atoms with Crippen molar-refractivity contribution in [3.8, 4) is 11.8 Å². The Bertz CT molecular complexity index is 1620. The number of rotatable bonds is 45. The van der Waals surface area contributed by atoms with Crippen molar-refractivity contribution in [1.82, 2.24) is 0 Å². The minimum atomic E-state index is 0.0757. The Labute approximate surface area is 437 Å². The zero-order valence-corrected chi connectivity index (χ0v) is 47.3.